The summed E-state index contributed by atoms with van der Waals surface area (Å²) < 4.78 is 1.56. The molecule has 0 fully saturated rings. The third kappa shape index (κ3) is 4.30. The Balaban J connectivity index is 1.26. The predicted octanol–water partition coefficient (Wildman–Crippen LogP) is 2.72. The van der Waals surface area contributed by atoms with E-state index < -0.39 is 0 Å². The van der Waals surface area contributed by atoms with Crippen LogP contribution in [-0.2, 0) is 6.54 Å². The van der Waals surface area contributed by atoms with Gasteiger partial charge >= 0.3 is 0 Å². The summed E-state index contributed by atoms with van der Waals surface area (Å²) in [5.74, 6) is -0.105. The van der Waals surface area contributed by atoms with Crippen molar-refractivity contribution in [3.05, 3.63) is 96.1 Å². The van der Waals surface area contributed by atoms with Crippen molar-refractivity contribution in [1.29, 1.82) is 0 Å². The lowest BCUT2D eigenvalue weighted by Gasteiger charge is -2.09. The lowest BCUT2D eigenvalue weighted by molar-refractivity contribution is 0.0948. The van der Waals surface area contributed by atoms with E-state index in [4.69, 9.17) is 0 Å². The molecule has 2 amide bonds. The highest BCUT2D eigenvalue weighted by Gasteiger charge is 2.13. The third-order valence-electron chi connectivity index (χ3n) is 5.01. The minimum absolute atomic E-state index is 0.140. The number of H-pyrrole nitrogens is 1. The van der Waals surface area contributed by atoms with Crippen LogP contribution in [0.4, 0.5) is 5.69 Å². The monoisotopic (exact) mass is 438 g/mol. The molecule has 0 bridgehead atoms. The molecule has 3 aromatic carbocycles. The molecule has 2 heterocycles. The Morgan fingerprint density at radius 3 is 2.64 bits per heavy atom. The highest BCUT2D eigenvalue weighted by Crippen LogP contribution is 2.16. The number of benzene rings is 3. The van der Waals surface area contributed by atoms with Crippen molar-refractivity contribution in [3.63, 3.8) is 0 Å². The fraction of sp³-hybridized carbons (Fsp3) is 0.0435. The Labute approximate surface area is 187 Å². The number of rotatable bonds is 6. The number of carbonyl (C=O) groups excluding carboxylic acids is 2. The van der Waals surface area contributed by atoms with Gasteiger partial charge in [-0.3, -0.25) is 9.59 Å². The number of imidazole rings is 1. The number of anilines is 1. The molecule has 0 aliphatic carbocycles. The van der Waals surface area contributed by atoms with Crippen LogP contribution in [0.1, 0.15) is 26.5 Å². The van der Waals surface area contributed by atoms with Crippen LogP contribution < -0.4 is 10.6 Å². The average Bonchev–Trinajstić information content (AvgIpc) is 3.52. The SMILES string of the molecule is O=C(NCc1nnnn1-c1ccccc1)c1cccc(NC(=O)c2ccc3nc[nH]c3c2)c1. The molecule has 0 unspecified atom stereocenters. The summed E-state index contributed by atoms with van der Waals surface area (Å²) in [5, 5.41) is 17.3. The van der Waals surface area contributed by atoms with Crippen molar-refractivity contribution < 1.29 is 9.59 Å². The Morgan fingerprint density at radius 1 is 0.909 bits per heavy atom. The van der Waals surface area contributed by atoms with E-state index in [0.29, 0.717) is 22.6 Å². The van der Waals surface area contributed by atoms with Crippen LogP contribution in [0.15, 0.2) is 79.1 Å². The van der Waals surface area contributed by atoms with Crippen LogP contribution in [0.2, 0.25) is 0 Å². The van der Waals surface area contributed by atoms with E-state index in [1.807, 2.05) is 30.3 Å². The van der Waals surface area contributed by atoms with Crippen molar-refractivity contribution in [2.24, 2.45) is 0 Å². The van der Waals surface area contributed by atoms with E-state index in [9.17, 15) is 9.59 Å². The summed E-state index contributed by atoms with van der Waals surface area (Å²) in [6, 6.07) is 21.3. The fourth-order valence-electron chi connectivity index (χ4n) is 3.37. The number of hydrogen-bond acceptors (Lipinski definition) is 6. The summed E-state index contributed by atoms with van der Waals surface area (Å²) in [4.78, 5) is 32.5. The number of fused-ring (bicyclic) bond motifs is 1. The molecule has 0 spiro atoms. The second kappa shape index (κ2) is 8.71. The van der Waals surface area contributed by atoms with Crippen LogP contribution in [0.3, 0.4) is 0 Å². The molecule has 3 N–H and O–H groups in total. The Bertz CT molecular complexity index is 1440. The van der Waals surface area contributed by atoms with Gasteiger partial charge in [-0.05, 0) is 59.0 Å². The van der Waals surface area contributed by atoms with Gasteiger partial charge in [-0.2, -0.15) is 4.68 Å². The van der Waals surface area contributed by atoms with E-state index in [1.54, 1.807) is 53.5 Å². The van der Waals surface area contributed by atoms with Crippen molar-refractivity contribution >= 4 is 28.5 Å². The van der Waals surface area contributed by atoms with Gasteiger partial charge in [-0.15, -0.1) is 5.10 Å². The normalized spacial score (nSPS) is 10.8. The maximum Gasteiger partial charge on any atom is 0.255 e. The molecule has 10 nitrogen and oxygen atoms in total. The zero-order valence-electron chi connectivity index (χ0n) is 17.3. The van der Waals surface area contributed by atoms with E-state index in [1.165, 1.54) is 0 Å². The molecule has 0 saturated carbocycles. The molecule has 2 aromatic heterocycles. The van der Waals surface area contributed by atoms with Crippen molar-refractivity contribution in [2.45, 2.75) is 6.54 Å². The number of carbonyl (C=O) groups is 2. The predicted molar refractivity (Wildman–Crippen MR) is 121 cm³/mol. The molecule has 0 atom stereocenters. The molecular weight excluding hydrogens is 420 g/mol. The van der Waals surface area contributed by atoms with E-state index in [2.05, 4.69) is 36.1 Å². The Morgan fingerprint density at radius 2 is 1.76 bits per heavy atom. The lowest BCUT2D eigenvalue weighted by atomic mass is 10.1. The van der Waals surface area contributed by atoms with Crippen LogP contribution >= 0.6 is 0 Å². The van der Waals surface area contributed by atoms with Crippen LogP contribution in [-0.4, -0.2) is 42.0 Å². The zero-order chi connectivity index (χ0) is 22.6. The minimum Gasteiger partial charge on any atom is -0.345 e. The number of aromatic amines is 1. The minimum atomic E-state index is -0.312. The van der Waals surface area contributed by atoms with Gasteiger partial charge in [0, 0.05) is 16.8 Å². The number of para-hydroxylation sites is 1. The molecule has 0 saturated heterocycles. The third-order valence-corrected chi connectivity index (χ3v) is 5.01. The molecule has 5 rings (SSSR count). The number of amides is 2. The Hall–Kier alpha value is -4.86. The van der Waals surface area contributed by atoms with Crippen molar-refractivity contribution in [3.8, 4) is 5.69 Å². The first kappa shape index (κ1) is 20.1. The molecule has 0 radical (unpaired) electrons. The second-order valence-electron chi connectivity index (χ2n) is 7.19. The van der Waals surface area contributed by atoms with Crippen LogP contribution in [0.25, 0.3) is 16.7 Å². The molecular formula is C23H18N8O2. The molecule has 5 aromatic rings. The van der Waals surface area contributed by atoms with E-state index >= 15 is 0 Å². The van der Waals surface area contributed by atoms with Gasteiger partial charge < -0.3 is 15.6 Å². The number of aromatic nitrogens is 6. The van der Waals surface area contributed by atoms with Crippen molar-refractivity contribution in [1.82, 2.24) is 35.5 Å². The van der Waals surface area contributed by atoms with E-state index in [-0.39, 0.29) is 18.4 Å². The highest BCUT2D eigenvalue weighted by atomic mass is 16.2. The summed E-state index contributed by atoms with van der Waals surface area (Å²) in [6.07, 6.45) is 1.58. The number of nitrogens with one attached hydrogen (secondary N) is 3. The van der Waals surface area contributed by atoms with Gasteiger partial charge in [0.25, 0.3) is 11.8 Å². The van der Waals surface area contributed by atoms with Gasteiger partial charge in [0.05, 0.1) is 29.6 Å². The zero-order valence-corrected chi connectivity index (χ0v) is 17.3. The second-order valence-corrected chi connectivity index (χ2v) is 7.19. The topological polar surface area (TPSA) is 130 Å². The maximum atomic E-state index is 12.7. The number of nitrogens with zero attached hydrogens (tertiary/aromatic N) is 5. The summed E-state index contributed by atoms with van der Waals surface area (Å²) >= 11 is 0. The Kier molecular flexibility index (Phi) is 5.30. The van der Waals surface area contributed by atoms with Crippen LogP contribution in [0, 0.1) is 0 Å². The van der Waals surface area contributed by atoms with Crippen molar-refractivity contribution in [2.75, 3.05) is 5.32 Å². The molecule has 0 aliphatic heterocycles. The first-order chi connectivity index (χ1) is 16.2. The largest absolute Gasteiger partial charge is 0.345 e. The van der Waals surface area contributed by atoms with Crippen LogP contribution in [0.5, 0.6) is 0 Å². The van der Waals surface area contributed by atoms with E-state index in [0.717, 1.165) is 16.7 Å². The van der Waals surface area contributed by atoms with Gasteiger partial charge in [0.2, 0.25) is 0 Å². The number of hydrogen-bond donors (Lipinski definition) is 3. The average molecular weight is 438 g/mol. The lowest BCUT2D eigenvalue weighted by Crippen LogP contribution is -2.25. The molecule has 33 heavy (non-hydrogen) atoms. The quantitative estimate of drug-likeness (QED) is 0.374. The van der Waals surface area contributed by atoms with Gasteiger partial charge in [0.15, 0.2) is 5.82 Å². The smallest absolute Gasteiger partial charge is 0.255 e. The molecule has 10 heteroatoms. The summed E-state index contributed by atoms with van der Waals surface area (Å²) in [6.45, 7) is 0.140. The van der Waals surface area contributed by atoms with Gasteiger partial charge in [-0.1, -0.05) is 24.3 Å². The molecule has 0 aliphatic rings. The summed E-state index contributed by atoms with van der Waals surface area (Å²) in [7, 11) is 0. The first-order valence-corrected chi connectivity index (χ1v) is 10.1. The molecule has 162 valence electrons. The summed E-state index contributed by atoms with van der Waals surface area (Å²) in [5.41, 5.74) is 3.73. The fourth-order valence-corrected chi connectivity index (χ4v) is 3.37. The van der Waals surface area contributed by atoms with Gasteiger partial charge in [-0.25, -0.2) is 4.98 Å². The maximum absolute atomic E-state index is 12.7. The highest BCUT2D eigenvalue weighted by molar-refractivity contribution is 6.06. The first-order valence-electron chi connectivity index (χ1n) is 10.1. The standard InChI is InChI=1S/C23H18N8O2/c32-22(24-13-21-28-29-30-31(21)18-7-2-1-3-8-18)15-5-4-6-17(11-15)27-23(33)16-9-10-19-20(12-16)26-14-25-19/h1-12,14H,13H2,(H,24,32)(H,25,26)(H,27,33). The van der Waals surface area contributed by atoms with Gasteiger partial charge in [0.1, 0.15) is 0 Å². The number of tetrazole rings is 1.